The number of nitrogens with zero attached hydrogens (tertiary/aromatic N) is 5. The number of hydrogen-bond acceptors (Lipinski definition) is 6. The van der Waals surface area contributed by atoms with Crippen LogP contribution in [0.5, 0.6) is 0 Å². The number of para-hydroxylation sites is 1. The van der Waals surface area contributed by atoms with Crippen LogP contribution >= 0.6 is 15.9 Å². The molecule has 3 aromatic heterocycles. The number of pyridine rings is 1. The molecule has 0 bridgehead atoms. The molecule has 29 heavy (non-hydrogen) atoms. The molecule has 8 heteroatoms. The SMILES string of the molecule is COC1CCN(c2nc3c(-c4cnc5ccccc5c4)cnn3c(N)c2Br)CC1. The lowest BCUT2D eigenvalue weighted by Gasteiger charge is -2.32. The summed E-state index contributed by atoms with van der Waals surface area (Å²) < 4.78 is 7.95. The molecule has 2 N–H and O–H groups in total. The lowest BCUT2D eigenvalue weighted by atomic mass is 10.1. The van der Waals surface area contributed by atoms with Crippen LogP contribution in [0.3, 0.4) is 0 Å². The van der Waals surface area contributed by atoms with Crippen LogP contribution in [0.25, 0.3) is 27.7 Å². The van der Waals surface area contributed by atoms with Crippen LogP contribution < -0.4 is 10.6 Å². The summed E-state index contributed by atoms with van der Waals surface area (Å²) in [5.41, 5.74) is 9.98. The van der Waals surface area contributed by atoms with Crippen LogP contribution in [0.4, 0.5) is 11.6 Å². The predicted octanol–water partition coefficient (Wildman–Crippen LogP) is 3.90. The monoisotopic (exact) mass is 452 g/mol. The number of methoxy groups -OCH3 is 1. The van der Waals surface area contributed by atoms with E-state index in [1.165, 1.54) is 0 Å². The summed E-state index contributed by atoms with van der Waals surface area (Å²) >= 11 is 3.63. The highest BCUT2D eigenvalue weighted by atomic mass is 79.9. The highest BCUT2D eigenvalue weighted by Crippen LogP contribution is 2.35. The van der Waals surface area contributed by atoms with E-state index in [4.69, 9.17) is 15.5 Å². The fourth-order valence-corrected chi connectivity index (χ4v) is 4.42. The summed E-state index contributed by atoms with van der Waals surface area (Å²) in [6, 6.07) is 10.2. The lowest BCUT2D eigenvalue weighted by Crippen LogP contribution is -2.37. The Bertz CT molecular complexity index is 1200. The molecule has 7 nitrogen and oxygen atoms in total. The molecule has 1 saturated heterocycles. The third-order valence-corrected chi connectivity index (χ3v) is 6.34. The van der Waals surface area contributed by atoms with E-state index < -0.39 is 0 Å². The second-order valence-corrected chi connectivity index (χ2v) is 8.06. The van der Waals surface area contributed by atoms with Gasteiger partial charge in [-0.25, -0.2) is 4.98 Å². The number of nitrogen functional groups attached to an aromatic ring is 1. The average Bonchev–Trinajstić information content (AvgIpc) is 3.20. The molecule has 0 atom stereocenters. The molecule has 5 rings (SSSR count). The molecule has 0 spiro atoms. The zero-order valence-corrected chi connectivity index (χ0v) is 17.6. The largest absolute Gasteiger partial charge is 0.383 e. The Balaban J connectivity index is 1.61. The average molecular weight is 453 g/mol. The van der Waals surface area contributed by atoms with Crippen molar-refractivity contribution in [1.82, 2.24) is 19.6 Å². The van der Waals surface area contributed by atoms with Gasteiger partial charge in [0.05, 0.1) is 17.8 Å². The Hall–Kier alpha value is -2.71. The summed E-state index contributed by atoms with van der Waals surface area (Å²) in [6.07, 6.45) is 5.91. The Morgan fingerprint density at radius 2 is 1.97 bits per heavy atom. The number of aromatic nitrogens is 4. The van der Waals surface area contributed by atoms with Crippen LogP contribution in [0.2, 0.25) is 0 Å². The molecule has 0 unspecified atom stereocenters. The quantitative estimate of drug-likeness (QED) is 0.507. The number of nitrogens with two attached hydrogens (primary N) is 1. The third kappa shape index (κ3) is 3.12. The Morgan fingerprint density at radius 3 is 2.76 bits per heavy atom. The van der Waals surface area contributed by atoms with E-state index in [9.17, 15) is 0 Å². The molecule has 0 saturated carbocycles. The van der Waals surface area contributed by atoms with Gasteiger partial charge in [0.1, 0.15) is 16.1 Å². The topological polar surface area (TPSA) is 81.6 Å². The number of benzene rings is 1. The molecule has 1 aromatic carbocycles. The third-order valence-electron chi connectivity index (χ3n) is 5.58. The van der Waals surface area contributed by atoms with Crippen molar-refractivity contribution >= 4 is 44.1 Å². The van der Waals surface area contributed by atoms with Crippen molar-refractivity contribution in [2.75, 3.05) is 30.8 Å². The minimum Gasteiger partial charge on any atom is -0.383 e. The fourth-order valence-electron chi connectivity index (χ4n) is 3.92. The van der Waals surface area contributed by atoms with E-state index in [2.05, 4.69) is 43.0 Å². The summed E-state index contributed by atoms with van der Waals surface area (Å²) in [6.45, 7) is 1.75. The van der Waals surface area contributed by atoms with Crippen molar-refractivity contribution < 1.29 is 4.74 Å². The van der Waals surface area contributed by atoms with Crippen LogP contribution in [-0.2, 0) is 4.74 Å². The smallest absolute Gasteiger partial charge is 0.167 e. The summed E-state index contributed by atoms with van der Waals surface area (Å²) in [5, 5.41) is 5.56. The molecule has 0 amide bonds. The van der Waals surface area contributed by atoms with E-state index in [0.717, 1.165) is 63.9 Å². The van der Waals surface area contributed by atoms with Gasteiger partial charge in [-0.3, -0.25) is 4.98 Å². The van der Waals surface area contributed by atoms with E-state index in [-0.39, 0.29) is 0 Å². The van der Waals surface area contributed by atoms with Gasteiger partial charge in [0.25, 0.3) is 0 Å². The maximum absolute atomic E-state index is 6.41. The molecule has 0 radical (unpaired) electrons. The number of piperidine rings is 1. The number of fused-ring (bicyclic) bond motifs is 2. The van der Waals surface area contributed by atoms with Gasteiger partial charge in [-0.2, -0.15) is 9.61 Å². The number of rotatable bonds is 3. The predicted molar refractivity (Wildman–Crippen MR) is 118 cm³/mol. The van der Waals surface area contributed by atoms with Crippen molar-refractivity contribution in [3.63, 3.8) is 0 Å². The van der Waals surface area contributed by atoms with E-state index >= 15 is 0 Å². The van der Waals surface area contributed by atoms with Crippen LogP contribution in [0.15, 0.2) is 47.2 Å². The van der Waals surface area contributed by atoms with Crippen LogP contribution in [-0.4, -0.2) is 45.9 Å². The van der Waals surface area contributed by atoms with Gasteiger partial charge < -0.3 is 15.4 Å². The van der Waals surface area contributed by atoms with Gasteiger partial charge in [0.2, 0.25) is 0 Å². The highest BCUT2D eigenvalue weighted by molar-refractivity contribution is 9.10. The molecule has 4 aromatic rings. The standard InChI is InChI=1S/C21H21BrN6O/c1-29-15-6-8-27(9-7-15)21-18(22)19(23)28-20(26-21)16(12-25-28)14-10-13-4-2-3-5-17(13)24-11-14/h2-5,10-12,15H,6-9,23H2,1H3. The number of hydrogen-bond donors (Lipinski definition) is 1. The number of ether oxygens (including phenoxy) is 1. The number of anilines is 2. The fraction of sp³-hybridized carbons (Fsp3) is 0.286. The molecule has 0 aliphatic carbocycles. The van der Waals surface area contributed by atoms with Crippen molar-refractivity contribution in [2.45, 2.75) is 18.9 Å². The molecule has 1 aliphatic heterocycles. The van der Waals surface area contributed by atoms with E-state index in [1.54, 1.807) is 17.8 Å². The Kier molecular flexibility index (Phi) is 4.60. The molecule has 1 fully saturated rings. The minimum absolute atomic E-state index is 0.306. The maximum atomic E-state index is 6.41. The van der Waals surface area contributed by atoms with Gasteiger partial charge >= 0.3 is 0 Å². The van der Waals surface area contributed by atoms with Gasteiger partial charge in [0, 0.05) is 42.9 Å². The zero-order chi connectivity index (χ0) is 20.0. The molecule has 4 heterocycles. The normalized spacial score (nSPS) is 15.4. The maximum Gasteiger partial charge on any atom is 0.167 e. The van der Waals surface area contributed by atoms with E-state index in [0.29, 0.717) is 11.9 Å². The first-order chi connectivity index (χ1) is 14.2. The zero-order valence-electron chi connectivity index (χ0n) is 16.0. The lowest BCUT2D eigenvalue weighted by molar-refractivity contribution is 0.0818. The molecule has 148 valence electrons. The second kappa shape index (κ2) is 7.27. The minimum atomic E-state index is 0.306. The van der Waals surface area contributed by atoms with Gasteiger partial charge in [-0.15, -0.1) is 0 Å². The molecular formula is C21H21BrN6O. The van der Waals surface area contributed by atoms with Gasteiger partial charge in [-0.05, 0) is 40.9 Å². The van der Waals surface area contributed by atoms with Gasteiger partial charge in [0.15, 0.2) is 5.65 Å². The summed E-state index contributed by atoms with van der Waals surface area (Å²) in [4.78, 5) is 11.8. The molecule has 1 aliphatic rings. The van der Waals surface area contributed by atoms with Crippen LogP contribution in [0, 0.1) is 0 Å². The first-order valence-electron chi connectivity index (χ1n) is 9.61. The molecular weight excluding hydrogens is 432 g/mol. The van der Waals surface area contributed by atoms with Crippen molar-refractivity contribution in [3.8, 4) is 11.1 Å². The Labute approximate surface area is 176 Å². The summed E-state index contributed by atoms with van der Waals surface area (Å²) in [5.74, 6) is 1.39. The van der Waals surface area contributed by atoms with Gasteiger partial charge in [-0.1, -0.05) is 18.2 Å². The second-order valence-electron chi connectivity index (χ2n) is 7.27. The Morgan fingerprint density at radius 1 is 1.17 bits per heavy atom. The van der Waals surface area contributed by atoms with E-state index in [1.807, 2.05) is 24.4 Å². The highest BCUT2D eigenvalue weighted by Gasteiger charge is 2.24. The van der Waals surface area contributed by atoms with Crippen molar-refractivity contribution in [3.05, 3.63) is 47.2 Å². The van der Waals surface area contributed by atoms with Crippen LogP contribution in [0.1, 0.15) is 12.8 Å². The number of halogens is 1. The summed E-state index contributed by atoms with van der Waals surface area (Å²) in [7, 11) is 1.77. The first-order valence-corrected chi connectivity index (χ1v) is 10.4. The van der Waals surface area contributed by atoms with Crippen molar-refractivity contribution in [2.24, 2.45) is 0 Å². The first kappa shape index (κ1) is 18.3. The van der Waals surface area contributed by atoms with Crippen molar-refractivity contribution in [1.29, 1.82) is 0 Å².